The lowest BCUT2D eigenvalue weighted by atomic mass is 10.0. The Balaban J connectivity index is 1.52. The molecule has 5 rings (SSSR count). The van der Waals surface area contributed by atoms with Crippen molar-refractivity contribution in [1.29, 1.82) is 0 Å². The molecule has 2 aromatic carbocycles. The largest absolute Gasteiger partial charge is 0.573 e. The summed E-state index contributed by atoms with van der Waals surface area (Å²) in [6.45, 7) is 1.97. The van der Waals surface area contributed by atoms with Crippen molar-refractivity contribution in [1.82, 2.24) is 19.9 Å². The molecule has 180 valence electrons. The molecule has 0 aliphatic rings. The zero-order chi connectivity index (χ0) is 25.1. The molecule has 0 amide bonds. The van der Waals surface area contributed by atoms with Crippen LogP contribution in [0.2, 0.25) is 0 Å². The van der Waals surface area contributed by atoms with E-state index in [1.807, 2.05) is 37.3 Å². The molecule has 0 saturated heterocycles. The van der Waals surface area contributed by atoms with Gasteiger partial charge in [-0.05, 0) is 48.9 Å². The van der Waals surface area contributed by atoms with E-state index in [2.05, 4.69) is 35.3 Å². The highest BCUT2D eigenvalue weighted by molar-refractivity contribution is 6.03. The average Bonchev–Trinajstić information content (AvgIpc) is 2.86. The predicted molar refractivity (Wildman–Crippen MR) is 131 cm³/mol. The number of fused-ring (bicyclic) bond motifs is 1. The van der Waals surface area contributed by atoms with Gasteiger partial charge in [0.1, 0.15) is 23.7 Å². The first kappa shape index (κ1) is 23.0. The smallest absolute Gasteiger partial charge is 0.406 e. The molecule has 0 radical (unpaired) electrons. The fourth-order valence-corrected chi connectivity index (χ4v) is 3.82. The van der Waals surface area contributed by atoms with Gasteiger partial charge in [0.15, 0.2) is 0 Å². The number of alkyl halides is 3. The van der Waals surface area contributed by atoms with Crippen LogP contribution in [0, 0.1) is 6.92 Å². The van der Waals surface area contributed by atoms with Crippen molar-refractivity contribution in [3.63, 3.8) is 0 Å². The molecule has 36 heavy (non-hydrogen) atoms. The molecule has 10 heteroatoms. The summed E-state index contributed by atoms with van der Waals surface area (Å²) in [5, 5.41) is 8.16. The molecule has 0 spiro atoms. The van der Waals surface area contributed by atoms with Crippen molar-refractivity contribution in [2.45, 2.75) is 13.3 Å². The Bertz CT molecular complexity index is 1530. The molecule has 0 aliphatic carbocycles. The second kappa shape index (κ2) is 9.49. The van der Waals surface area contributed by atoms with Crippen LogP contribution in [0.15, 0.2) is 85.6 Å². The van der Waals surface area contributed by atoms with Gasteiger partial charge in [0.05, 0.1) is 11.4 Å². The van der Waals surface area contributed by atoms with Crippen molar-refractivity contribution < 1.29 is 17.9 Å². The minimum atomic E-state index is -4.77. The first-order valence-electron chi connectivity index (χ1n) is 10.9. The van der Waals surface area contributed by atoms with Gasteiger partial charge in [0.25, 0.3) is 0 Å². The van der Waals surface area contributed by atoms with Gasteiger partial charge in [-0.25, -0.2) is 19.9 Å². The minimum Gasteiger partial charge on any atom is -0.406 e. The third-order valence-corrected chi connectivity index (χ3v) is 5.39. The second-order valence-corrected chi connectivity index (χ2v) is 7.83. The Labute approximate surface area is 204 Å². The summed E-state index contributed by atoms with van der Waals surface area (Å²) in [5.74, 6) is 0.783. The van der Waals surface area contributed by atoms with Crippen LogP contribution in [0.4, 0.5) is 36.2 Å². The van der Waals surface area contributed by atoms with Gasteiger partial charge in [-0.3, -0.25) is 0 Å². The maximum atomic E-state index is 12.6. The lowest BCUT2D eigenvalue weighted by Gasteiger charge is -2.17. The van der Waals surface area contributed by atoms with E-state index >= 15 is 0 Å². The predicted octanol–water partition coefficient (Wildman–Crippen LogP) is 6.78. The molecule has 3 aromatic heterocycles. The number of ether oxygens (including phenoxy) is 1. The number of pyridine rings is 2. The van der Waals surface area contributed by atoms with Gasteiger partial charge in [-0.2, -0.15) is 0 Å². The number of hydrogen-bond donors (Lipinski definition) is 2. The van der Waals surface area contributed by atoms with Gasteiger partial charge in [0, 0.05) is 46.7 Å². The van der Waals surface area contributed by atoms with Gasteiger partial charge >= 0.3 is 6.36 Å². The van der Waals surface area contributed by atoms with Gasteiger partial charge in [0.2, 0.25) is 0 Å². The van der Waals surface area contributed by atoms with E-state index in [1.54, 1.807) is 30.7 Å². The van der Waals surface area contributed by atoms with Crippen molar-refractivity contribution in [3.05, 3.63) is 91.1 Å². The number of aromatic nitrogens is 4. The van der Waals surface area contributed by atoms with E-state index in [9.17, 15) is 13.2 Å². The summed E-state index contributed by atoms with van der Waals surface area (Å²) in [4.78, 5) is 17.2. The van der Waals surface area contributed by atoms with Crippen molar-refractivity contribution in [2.24, 2.45) is 0 Å². The Morgan fingerprint density at radius 1 is 0.778 bits per heavy atom. The number of nitrogens with zero attached hydrogens (tertiary/aromatic N) is 4. The summed E-state index contributed by atoms with van der Waals surface area (Å²) in [7, 11) is 0. The molecular formula is C26H19F3N6O. The maximum absolute atomic E-state index is 12.6. The Hall–Kier alpha value is -4.73. The molecule has 0 unspecified atom stereocenters. The molecule has 7 nitrogen and oxygen atoms in total. The van der Waals surface area contributed by atoms with Gasteiger partial charge in [-0.15, -0.1) is 13.2 Å². The van der Waals surface area contributed by atoms with E-state index in [0.29, 0.717) is 17.3 Å². The van der Waals surface area contributed by atoms with Crippen LogP contribution >= 0.6 is 0 Å². The number of anilines is 4. The van der Waals surface area contributed by atoms with Crippen LogP contribution in [0.25, 0.3) is 22.0 Å². The van der Waals surface area contributed by atoms with E-state index in [0.717, 1.165) is 33.3 Å². The van der Waals surface area contributed by atoms with E-state index in [4.69, 9.17) is 0 Å². The maximum Gasteiger partial charge on any atom is 0.573 e. The van der Waals surface area contributed by atoms with Crippen molar-refractivity contribution in [3.8, 4) is 17.0 Å². The van der Waals surface area contributed by atoms with Crippen LogP contribution in [-0.2, 0) is 0 Å². The molecule has 3 heterocycles. The summed E-state index contributed by atoms with van der Waals surface area (Å²) in [5.41, 5.74) is 3.73. The highest BCUT2D eigenvalue weighted by Crippen LogP contribution is 2.36. The van der Waals surface area contributed by atoms with E-state index < -0.39 is 6.36 Å². The summed E-state index contributed by atoms with van der Waals surface area (Å²) in [6, 6.07) is 16.9. The second-order valence-electron chi connectivity index (χ2n) is 7.83. The van der Waals surface area contributed by atoms with Gasteiger partial charge in [-0.1, -0.05) is 18.2 Å². The summed E-state index contributed by atoms with van der Waals surface area (Å²) in [6.07, 6.45) is 1.70. The van der Waals surface area contributed by atoms with Crippen LogP contribution in [0.3, 0.4) is 0 Å². The zero-order valence-corrected chi connectivity index (χ0v) is 18.9. The Morgan fingerprint density at radius 3 is 2.44 bits per heavy atom. The van der Waals surface area contributed by atoms with Crippen molar-refractivity contribution >= 4 is 33.8 Å². The third-order valence-electron chi connectivity index (χ3n) is 5.39. The molecular weight excluding hydrogens is 469 g/mol. The number of hydrogen-bond acceptors (Lipinski definition) is 7. The molecule has 2 N–H and O–H groups in total. The van der Waals surface area contributed by atoms with Crippen molar-refractivity contribution in [2.75, 3.05) is 10.6 Å². The average molecular weight is 488 g/mol. The fraction of sp³-hybridized carbons (Fsp3) is 0.0769. The Kier molecular flexibility index (Phi) is 6.07. The number of benzene rings is 2. The number of aryl methyl sites for hydroxylation is 1. The number of nitrogens with one attached hydrogen (secondary N) is 2. The molecule has 0 aliphatic heterocycles. The molecule has 0 bridgehead atoms. The van der Waals surface area contributed by atoms with E-state index in [1.165, 1.54) is 24.5 Å². The normalized spacial score (nSPS) is 11.3. The Morgan fingerprint density at radius 2 is 1.64 bits per heavy atom. The molecule has 0 fully saturated rings. The zero-order valence-electron chi connectivity index (χ0n) is 18.9. The highest BCUT2D eigenvalue weighted by atomic mass is 19.4. The van der Waals surface area contributed by atoms with Crippen LogP contribution in [0.1, 0.15) is 5.56 Å². The van der Waals surface area contributed by atoms with Crippen LogP contribution in [0.5, 0.6) is 5.75 Å². The highest BCUT2D eigenvalue weighted by Gasteiger charge is 2.31. The first-order valence-corrected chi connectivity index (χ1v) is 10.9. The molecule has 5 aromatic rings. The van der Waals surface area contributed by atoms with E-state index in [-0.39, 0.29) is 5.75 Å². The third kappa shape index (κ3) is 5.02. The van der Waals surface area contributed by atoms with Crippen LogP contribution < -0.4 is 15.4 Å². The number of halogens is 3. The van der Waals surface area contributed by atoms with Crippen LogP contribution in [-0.4, -0.2) is 26.3 Å². The number of rotatable bonds is 6. The summed E-state index contributed by atoms with van der Waals surface area (Å²) < 4.78 is 41.9. The first-order chi connectivity index (χ1) is 17.4. The monoisotopic (exact) mass is 488 g/mol. The SMILES string of the molecule is Cc1ccc2c(Nc3cccc(OC(F)(F)F)c3)nccc2c1Nc1ncccc1-c1ccncn1. The molecule has 0 atom stereocenters. The lowest BCUT2D eigenvalue weighted by Crippen LogP contribution is -2.17. The minimum absolute atomic E-state index is 0.321. The topological polar surface area (TPSA) is 84.9 Å². The quantitative estimate of drug-likeness (QED) is 0.272. The summed E-state index contributed by atoms with van der Waals surface area (Å²) >= 11 is 0. The van der Waals surface area contributed by atoms with Gasteiger partial charge < -0.3 is 15.4 Å². The standard InChI is InChI=1S/C26H19F3N6O/c1-16-7-8-20-19(23(16)35-25-21(6-3-11-31-25)22-10-12-30-15-33-22)9-13-32-24(20)34-17-4-2-5-18(14-17)36-26(27,28)29/h2-15H,1H3,(H,31,35)(H,32,34). The lowest BCUT2D eigenvalue weighted by molar-refractivity contribution is -0.274. The fourth-order valence-electron chi connectivity index (χ4n) is 3.82. The molecule has 0 saturated carbocycles.